The molecule has 1 heterocycles. The lowest BCUT2D eigenvalue weighted by molar-refractivity contribution is -0.114. The van der Waals surface area contributed by atoms with Gasteiger partial charge in [0.25, 0.3) is 11.8 Å². The van der Waals surface area contributed by atoms with Gasteiger partial charge in [0.05, 0.1) is 5.56 Å². The van der Waals surface area contributed by atoms with E-state index < -0.39 is 5.91 Å². The molecule has 0 radical (unpaired) electrons. The van der Waals surface area contributed by atoms with Crippen LogP contribution >= 0.6 is 11.6 Å². The van der Waals surface area contributed by atoms with Crippen LogP contribution in [-0.2, 0) is 4.79 Å². The van der Waals surface area contributed by atoms with Gasteiger partial charge in [-0.25, -0.2) is 4.98 Å². The van der Waals surface area contributed by atoms with Gasteiger partial charge in [-0.1, -0.05) is 23.7 Å². The largest absolute Gasteiger partial charge is 0.365 e. The summed E-state index contributed by atoms with van der Waals surface area (Å²) < 4.78 is 0. The van der Waals surface area contributed by atoms with Crippen LogP contribution in [0.15, 0.2) is 48.2 Å². The number of carbonyl (C=O) groups is 2. The third kappa shape index (κ3) is 4.40. The molecule has 0 fully saturated rings. The number of rotatable bonds is 4. The molecule has 2 aromatic rings. The number of nitrogens with zero attached hydrogens (tertiary/aromatic N) is 2. The van der Waals surface area contributed by atoms with E-state index in [1.807, 2.05) is 0 Å². The molecular formula is C16H11ClN4O2. The highest BCUT2D eigenvalue weighted by atomic mass is 35.5. The first-order valence-electron chi connectivity index (χ1n) is 6.44. The zero-order valence-corrected chi connectivity index (χ0v) is 12.5. The van der Waals surface area contributed by atoms with Crippen molar-refractivity contribution < 1.29 is 9.59 Å². The molecule has 2 rings (SSSR count). The fourth-order valence-corrected chi connectivity index (χ4v) is 1.81. The maximum atomic E-state index is 12.0. The molecule has 0 aliphatic rings. The van der Waals surface area contributed by atoms with Crippen molar-refractivity contribution in [1.29, 1.82) is 5.26 Å². The number of pyridine rings is 1. The number of primary amides is 1. The summed E-state index contributed by atoms with van der Waals surface area (Å²) in [6.45, 7) is 0. The van der Waals surface area contributed by atoms with Crippen LogP contribution in [0.5, 0.6) is 0 Å². The number of hydrogen-bond acceptors (Lipinski definition) is 4. The maximum Gasteiger partial charge on any atom is 0.259 e. The van der Waals surface area contributed by atoms with Crippen molar-refractivity contribution in [2.45, 2.75) is 0 Å². The quantitative estimate of drug-likeness (QED) is 0.510. The van der Waals surface area contributed by atoms with E-state index >= 15 is 0 Å². The third-order valence-electron chi connectivity index (χ3n) is 2.86. The number of amides is 2. The summed E-state index contributed by atoms with van der Waals surface area (Å²) in [6, 6.07) is 11.4. The Bertz CT molecular complexity index is 805. The highest BCUT2D eigenvalue weighted by Crippen LogP contribution is 2.14. The van der Waals surface area contributed by atoms with E-state index in [0.29, 0.717) is 22.0 Å². The SMILES string of the molecule is N#C/C(=C\c1ccc(NC(=O)c2ccc(Cl)nc2)cc1)C(N)=O. The van der Waals surface area contributed by atoms with Crippen LogP contribution in [0.2, 0.25) is 5.15 Å². The molecule has 0 aliphatic carbocycles. The van der Waals surface area contributed by atoms with Gasteiger partial charge in [0.2, 0.25) is 0 Å². The van der Waals surface area contributed by atoms with Crippen molar-refractivity contribution >= 4 is 35.2 Å². The Labute approximate surface area is 137 Å². The molecule has 0 aliphatic heterocycles. The lowest BCUT2D eigenvalue weighted by Crippen LogP contribution is -2.12. The average molecular weight is 327 g/mol. The summed E-state index contributed by atoms with van der Waals surface area (Å²) in [5.41, 5.74) is 6.47. The van der Waals surface area contributed by atoms with E-state index in [2.05, 4.69) is 10.3 Å². The van der Waals surface area contributed by atoms with Crippen LogP contribution in [-0.4, -0.2) is 16.8 Å². The molecule has 0 bridgehead atoms. The molecule has 0 saturated heterocycles. The summed E-state index contributed by atoms with van der Waals surface area (Å²) in [7, 11) is 0. The predicted octanol–water partition coefficient (Wildman–Crippen LogP) is 2.38. The lowest BCUT2D eigenvalue weighted by Gasteiger charge is -2.05. The molecule has 114 valence electrons. The van der Waals surface area contributed by atoms with Gasteiger partial charge in [-0.2, -0.15) is 5.26 Å². The number of carbonyl (C=O) groups excluding carboxylic acids is 2. The number of nitriles is 1. The van der Waals surface area contributed by atoms with E-state index in [-0.39, 0.29) is 11.5 Å². The molecular weight excluding hydrogens is 316 g/mol. The van der Waals surface area contributed by atoms with Crippen LogP contribution < -0.4 is 11.1 Å². The average Bonchev–Trinajstić information content (AvgIpc) is 2.54. The van der Waals surface area contributed by atoms with Crippen LogP contribution in [0.25, 0.3) is 6.08 Å². The van der Waals surface area contributed by atoms with Crippen molar-refractivity contribution in [2.24, 2.45) is 5.73 Å². The maximum absolute atomic E-state index is 12.0. The number of halogens is 1. The van der Waals surface area contributed by atoms with Gasteiger partial charge in [0.15, 0.2) is 0 Å². The number of hydrogen-bond donors (Lipinski definition) is 2. The second kappa shape index (κ2) is 7.20. The minimum absolute atomic E-state index is 0.144. The summed E-state index contributed by atoms with van der Waals surface area (Å²) in [5, 5.41) is 11.8. The van der Waals surface area contributed by atoms with Gasteiger partial charge >= 0.3 is 0 Å². The van der Waals surface area contributed by atoms with Crippen molar-refractivity contribution in [2.75, 3.05) is 5.32 Å². The second-order valence-corrected chi connectivity index (χ2v) is 4.87. The summed E-state index contributed by atoms with van der Waals surface area (Å²) >= 11 is 5.67. The van der Waals surface area contributed by atoms with Crippen LogP contribution in [0.1, 0.15) is 15.9 Å². The van der Waals surface area contributed by atoms with E-state index in [0.717, 1.165) is 0 Å². The molecule has 2 amide bonds. The van der Waals surface area contributed by atoms with Gasteiger partial charge < -0.3 is 11.1 Å². The Kier molecular flexibility index (Phi) is 5.07. The van der Waals surface area contributed by atoms with E-state index in [1.54, 1.807) is 36.4 Å². The normalized spacial score (nSPS) is 10.7. The number of benzene rings is 1. The third-order valence-corrected chi connectivity index (χ3v) is 3.08. The predicted molar refractivity (Wildman–Crippen MR) is 86.4 cm³/mol. The van der Waals surface area contributed by atoms with Gasteiger partial charge in [0.1, 0.15) is 16.8 Å². The molecule has 0 atom stereocenters. The van der Waals surface area contributed by atoms with Gasteiger partial charge in [-0.3, -0.25) is 9.59 Å². The Balaban J connectivity index is 2.11. The lowest BCUT2D eigenvalue weighted by atomic mass is 10.1. The van der Waals surface area contributed by atoms with Crippen molar-refractivity contribution in [3.8, 4) is 6.07 Å². The first-order chi connectivity index (χ1) is 11.0. The number of anilines is 1. The van der Waals surface area contributed by atoms with E-state index in [9.17, 15) is 9.59 Å². The first kappa shape index (κ1) is 16.2. The fourth-order valence-electron chi connectivity index (χ4n) is 1.70. The molecule has 0 saturated carbocycles. The second-order valence-electron chi connectivity index (χ2n) is 4.48. The Morgan fingerprint density at radius 3 is 2.43 bits per heavy atom. The monoisotopic (exact) mass is 326 g/mol. The number of nitrogens with one attached hydrogen (secondary N) is 1. The minimum Gasteiger partial charge on any atom is -0.365 e. The minimum atomic E-state index is -0.792. The molecule has 1 aromatic carbocycles. The Morgan fingerprint density at radius 2 is 1.91 bits per heavy atom. The van der Waals surface area contributed by atoms with Crippen LogP contribution in [0.4, 0.5) is 5.69 Å². The van der Waals surface area contributed by atoms with Gasteiger partial charge in [-0.15, -0.1) is 0 Å². The van der Waals surface area contributed by atoms with Crippen molar-refractivity contribution in [3.63, 3.8) is 0 Å². The van der Waals surface area contributed by atoms with Crippen molar-refractivity contribution in [3.05, 3.63) is 64.4 Å². The summed E-state index contributed by atoms with van der Waals surface area (Å²) in [4.78, 5) is 26.8. The standard InChI is InChI=1S/C16H11ClN4O2/c17-14-6-3-11(9-20-14)16(23)21-13-4-1-10(2-5-13)7-12(8-18)15(19)22/h1-7,9H,(H2,19,22)(H,21,23)/b12-7+. The molecule has 0 unspecified atom stereocenters. The molecule has 1 aromatic heterocycles. The molecule has 3 N–H and O–H groups in total. The number of aromatic nitrogens is 1. The molecule has 23 heavy (non-hydrogen) atoms. The van der Waals surface area contributed by atoms with Crippen LogP contribution in [0.3, 0.4) is 0 Å². The highest BCUT2D eigenvalue weighted by molar-refractivity contribution is 6.29. The zero-order valence-electron chi connectivity index (χ0n) is 11.8. The van der Waals surface area contributed by atoms with Crippen LogP contribution in [0, 0.1) is 11.3 Å². The van der Waals surface area contributed by atoms with Gasteiger partial charge in [0, 0.05) is 11.9 Å². The highest BCUT2D eigenvalue weighted by Gasteiger charge is 2.07. The Morgan fingerprint density at radius 1 is 1.22 bits per heavy atom. The van der Waals surface area contributed by atoms with Crippen molar-refractivity contribution in [1.82, 2.24) is 4.98 Å². The zero-order chi connectivity index (χ0) is 16.8. The summed E-state index contributed by atoms with van der Waals surface area (Å²) in [5.74, 6) is -1.12. The number of nitrogens with two attached hydrogens (primary N) is 1. The Hall–Kier alpha value is -3.17. The van der Waals surface area contributed by atoms with E-state index in [4.69, 9.17) is 22.6 Å². The summed E-state index contributed by atoms with van der Waals surface area (Å²) in [6.07, 6.45) is 2.75. The van der Waals surface area contributed by atoms with E-state index in [1.165, 1.54) is 18.3 Å². The topological polar surface area (TPSA) is 109 Å². The van der Waals surface area contributed by atoms with Gasteiger partial charge in [-0.05, 0) is 35.9 Å². The fraction of sp³-hybridized carbons (Fsp3) is 0. The smallest absolute Gasteiger partial charge is 0.259 e. The molecule has 6 nitrogen and oxygen atoms in total. The molecule has 7 heteroatoms. The molecule has 0 spiro atoms. The first-order valence-corrected chi connectivity index (χ1v) is 6.82.